The summed E-state index contributed by atoms with van der Waals surface area (Å²) in [6.45, 7) is 1.72. The first-order valence-corrected chi connectivity index (χ1v) is 11.7. The summed E-state index contributed by atoms with van der Waals surface area (Å²) in [6, 6.07) is 24.2. The van der Waals surface area contributed by atoms with Gasteiger partial charge in [-0.25, -0.2) is 13.2 Å². The Morgan fingerprint density at radius 3 is 2.25 bits per heavy atom. The summed E-state index contributed by atoms with van der Waals surface area (Å²) in [5.41, 5.74) is 2.69. The summed E-state index contributed by atoms with van der Waals surface area (Å²) < 4.78 is 27.6. The van der Waals surface area contributed by atoms with Crippen LogP contribution < -0.4 is 9.62 Å². The van der Waals surface area contributed by atoms with E-state index in [-0.39, 0.29) is 10.9 Å². The molecular formula is C24H22N4O3S. The predicted octanol–water partition coefficient (Wildman–Crippen LogP) is 4.19. The molecule has 0 radical (unpaired) electrons. The third-order valence-corrected chi connectivity index (χ3v) is 6.65. The van der Waals surface area contributed by atoms with Gasteiger partial charge in [0.2, 0.25) is 0 Å². The number of nitrogens with zero attached hydrogens (tertiary/aromatic N) is 3. The van der Waals surface area contributed by atoms with E-state index in [1.165, 1.54) is 12.1 Å². The third-order valence-electron chi connectivity index (χ3n) is 5.25. The highest BCUT2D eigenvalue weighted by Crippen LogP contribution is 2.24. The minimum Gasteiger partial charge on any atom is -0.320 e. The van der Waals surface area contributed by atoms with Crippen LogP contribution in [0.2, 0.25) is 0 Å². The maximum absolute atomic E-state index is 13.0. The largest absolute Gasteiger partial charge is 0.324 e. The third kappa shape index (κ3) is 4.74. The summed E-state index contributed by atoms with van der Waals surface area (Å²) in [4.78, 5) is 16.7. The number of amides is 2. The zero-order chi connectivity index (χ0) is 22.6. The standard InChI is InChI=1S/C24H22N4O3S/c25-17-19-7-9-20(10-8-19)18-27-15-4-16-28(24(27)29)22-13-11-21(12-14-22)26-32(30,31)23-5-2-1-3-6-23/h1-3,5-14,26H,4,15-16,18H2. The highest BCUT2D eigenvalue weighted by molar-refractivity contribution is 7.92. The van der Waals surface area contributed by atoms with Crippen molar-refractivity contribution < 1.29 is 13.2 Å². The topological polar surface area (TPSA) is 93.5 Å². The van der Waals surface area contributed by atoms with Gasteiger partial charge in [-0.2, -0.15) is 5.26 Å². The SMILES string of the molecule is N#Cc1ccc(CN2CCCN(c3ccc(NS(=O)(=O)c4ccccc4)cc3)C2=O)cc1. The Bertz CT molecular complexity index is 1240. The number of nitrogens with one attached hydrogen (secondary N) is 1. The lowest BCUT2D eigenvalue weighted by molar-refractivity contribution is 0.192. The molecule has 8 heteroatoms. The van der Waals surface area contributed by atoms with Gasteiger partial charge in [0.15, 0.2) is 0 Å². The molecule has 0 bridgehead atoms. The maximum atomic E-state index is 13.0. The number of carbonyl (C=O) groups excluding carboxylic acids is 1. The van der Waals surface area contributed by atoms with Gasteiger partial charge in [-0.05, 0) is 60.5 Å². The number of hydrogen-bond acceptors (Lipinski definition) is 4. The zero-order valence-corrected chi connectivity index (χ0v) is 18.1. The highest BCUT2D eigenvalue weighted by atomic mass is 32.2. The zero-order valence-electron chi connectivity index (χ0n) is 17.3. The van der Waals surface area contributed by atoms with E-state index < -0.39 is 10.0 Å². The molecule has 0 unspecified atom stereocenters. The van der Waals surface area contributed by atoms with Crippen molar-refractivity contribution in [1.29, 1.82) is 5.26 Å². The first-order valence-electron chi connectivity index (χ1n) is 10.2. The fraction of sp³-hybridized carbons (Fsp3) is 0.167. The number of anilines is 2. The van der Waals surface area contributed by atoms with Gasteiger partial charge >= 0.3 is 6.03 Å². The number of rotatable bonds is 6. The first-order chi connectivity index (χ1) is 15.5. The molecule has 3 aromatic carbocycles. The van der Waals surface area contributed by atoms with Crippen LogP contribution in [0.15, 0.2) is 83.8 Å². The molecule has 3 aromatic rings. The summed E-state index contributed by atoms with van der Waals surface area (Å²) in [6.07, 6.45) is 0.824. The second-order valence-corrected chi connectivity index (χ2v) is 9.17. The van der Waals surface area contributed by atoms with E-state index in [9.17, 15) is 13.2 Å². The van der Waals surface area contributed by atoms with Gasteiger partial charge in [0.25, 0.3) is 10.0 Å². The molecule has 1 aliphatic rings. The molecule has 1 N–H and O–H groups in total. The van der Waals surface area contributed by atoms with Crippen LogP contribution in [0.25, 0.3) is 0 Å². The van der Waals surface area contributed by atoms with Crippen molar-refractivity contribution in [2.75, 3.05) is 22.7 Å². The minimum atomic E-state index is -3.67. The van der Waals surface area contributed by atoms with E-state index in [0.29, 0.717) is 36.6 Å². The van der Waals surface area contributed by atoms with Crippen LogP contribution in [-0.4, -0.2) is 32.4 Å². The number of carbonyl (C=O) groups is 1. The first kappa shape index (κ1) is 21.4. The molecule has 162 valence electrons. The predicted molar refractivity (Wildman–Crippen MR) is 123 cm³/mol. The van der Waals surface area contributed by atoms with Crippen molar-refractivity contribution in [3.8, 4) is 6.07 Å². The summed E-state index contributed by atoms with van der Waals surface area (Å²) in [7, 11) is -3.67. The molecule has 0 aliphatic carbocycles. The summed E-state index contributed by atoms with van der Waals surface area (Å²) >= 11 is 0. The molecule has 1 heterocycles. The van der Waals surface area contributed by atoms with Crippen LogP contribution in [0.1, 0.15) is 17.5 Å². The van der Waals surface area contributed by atoms with Crippen LogP contribution >= 0.6 is 0 Å². The van der Waals surface area contributed by atoms with E-state index in [1.807, 2.05) is 12.1 Å². The van der Waals surface area contributed by atoms with E-state index in [0.717, 1.165) is 12.0 Å². The molecule has 1 saturated heterocycles. The van der Waals surface area contributed by atoms with Crippen LogP contribution in [0.4, 0.5) is 16.2 Å². The van der Waals surface area contributed by atoms with E-state index in [2.05, 4.69) is 10.8 Å². The minimum absolute atomic E-state index is 0.0989. The fourth-order valence-electron chi connectivity index (χ4n) is 3.60. The average Bonchev–Trinajstić information content (AvgIpc) is 2.82. The lowest BCUT2D eigenvalue weighted by atomic mass is 10.1. The van der Waals surface area contributed by atoms with Crippen LogP contribution in [0, 0.1) is 11.3 Å². The van der Waals surface area contributed by atoms with Gasteiger partial charge < -0.3 is 4.90 Å². The Kier molecular flexibility index (Phi) is 6.10. The number of nitriles is 1. The Labute approximate surface area is 187 Å². The van der Waals surface area contributed by atoms with Gasteiger partial charge in [0.05, 0.1) is 16.5 Å². The van der Waals surface area contributed by atoms with Crippen molar-refractivity contribution in [3.05, 3.63) is 90.0 Å². The lowest BCUT2D eigenvalue weighted by Crippen LogP contribution is -2.49. The molecule has 7 nitrogen and oxygen atoms in total. The Balaban J connectivity index is 1.45. The second kappa shape index (κ2) is 9.12. The van der Waals surface area contributed by atoms with Gasteiger partial charge in [-0.15, -0.1) is 0 Å². The highest BCUT2D eigenvalue weighted by Gasteiger charge is 2.27. The second-order valence-electron chi connectivity index (χ2n) is 7.48. The molecule has 0 atom stereocenters. The van der Waals surface area contributed by atoms with Crippen LogP contribution in [0.5, 0.6) is 0 Å². The molecule has 0 aromatic heterocycles. The Hall–Kier alpha value is -3.83. The smallest absolute Gasteiger partial charge is 0.320 e. The van der Waals surface area contributed by atoms with E-state index in [1.54, 1.807) is 64.4 Å². The van der Waals surface area contributed by atoms with Crippen molar-refractivity contribution in [3.63, 3.8) is 0 Å². The van der Waals surface area contributed by atoms with E-state index >= 15 is 0 Å². The van der Waals surface area contributed by atoms with Crippen molar-refractivity contribution in [2.24, 2.45) is 0 Å². The molecule has 0 spiro atoms. The lowest BCUT2D eigenvalue weighted by Gasteiger charge is -2.35. The number of sulfonamides is 1. The Morgan fingerprint density at radius 1 is 0.906 bits per heavy atom. The van der Waals surface area contributed by atoms with Crippen molar-refractivity contribution in [1.82, 2.24) is 4.90 Å². The van der Waals surface area contributed by atoms with Gasteiger partial charge in [0, 0.05) is 31.0 Å². The normalized spacial score (nSPS) is 14.2. The molecule has 32 heavy (non-hydrogen) atoms. The number of urea groups is 1. The van der Waals surface area contributed by atoms with Crippen LogP contribution in [0.3, 0.4) is 0 Å². The number of hydrogen-bond donors (Lipinski definition) is 1. The molecule has 1 aliphatic heterocycles. The van der Waals surface area contributed by atoms with Gasteiger partial charge in [-0.1, -0.05) is 30.3 Å². The molecule has 4 rings (SSSR count). The van der Waals surface area contributed by atoms with Gasteiger partial charge in [0.1, 0.15) is 0 Å². The molecule has 2 amide bonds. The summed E-state index contributed by atoms with van der Waals surface area (Å²) in [5, 5.41) is 8.93. The maximum Gasteiger partial charge on any atom is 0.324 e. The fourth-order valence-corrected chi connectivity index (χ4v) is 4.68. The molecule has 1 fully saturated rings. The Morgan fingerprint density at radius 2 is 1.59 bits per heavy atom. The molecule has 0 saturated carbocycles. The average molecular weight is 447 g/mol. The molecular weight excluding hydrogens is 424 g/mol. The van der Waals surface area contributed by atoms with Crippen LogP contribution in [-0.2, 0) is 16.6 Å². The monoisotopic (exact) mass is 446 g/mol. The quantitative estimate of drug-likeness (QED) is 0.614. The summed E-state index contributed by atoms with van der Waals surface area (Å²) in [5.74, 6) is 0. The van der Waals surface area contributed by atoms with Gasteiger partial charge in [-0.3, -0.25) is 9.62 Å². The van der Waals surface area contributed by atoms with Crippen molar-refractivity contribution in [2.45, 2.75) is 17.9 Å². The van der Waals surface area contributed by atoms with E-state index in [4.69, 9.17) is 5.26 Å². The number of benzene rings is 3. The van der Waals surface area contributed by atoms with Crippen molar-refractivity contribution >= 4 is 27.4 Å².